The van der Waals surface area contributed by atoms with Gasteiger partial charge in [0.05, 0.1) is 24.0 Å². The first-order valence-electron chi connectivity index (χ1n) is 14.0. The van der Waals surface area contributed by atoms with Gasteiger partial charge in [0.2, 0.25) is 11.8 Å². The van der Waals surface area contributed by atoms with E-state index in [0.29, 0.717) is 76.4 Å². The van der Waals surface area contributed by atoms with Crippen molar-refractivity contribution in [3.63, 3.8) is 0 Å². The lowest BCUT2D eigenvalue weighted by Crippen LogP contribution is -2.49. The van der Waals surface area contributed by atoms with Crippen LogP contribution in [0.25, 0.3) is 0 Å². The van der Waals surface area contributed by atoms with Gasteiger partial charge < -0.3 is 14.2 Å². The maximum Gasteiger partial charge on any atom is 0.253 e. The third-order valence-corrected chi connectivity index (χ3v) is 8.81. The highest BCUT2D eigenvalue weighted by Gasteiger charge is 2.50. The monoisotopic (exact) mass is 544 g/mol. The molecule has 3 heterocycles. The third kappa shape index (κ3) is 6.18. The van der Waals surface area contributed by atoms with Crippen molar-refractivity contribution in [3.05, 3.63) is 11.7 Å². The SMILES string of the molecule is CC(C)(F)CN1CC[C@H](O[C@H]2CCCC(F)(F)[C@@H]2CC(=O)N2CCC(C)(c3noc([C@@H]4C[C@@H]4F)n3)CC2)C1. The van der Waals surface area contributed by atoms with E-state index in [0.717, 1.165) is 0 Å². The molecule has 1 amide bonds. The molecule has 0 spiro atoms. The molecule has 0 N–H and O–H groups in total. The Labute approximate surface area is 221 Å². The summed E-state index contributed by atoms with van der Waals surface area (Å²) in [5, 5.41) is 4.08. The molecule has 4 aliphatic rings. The van der Waals surface area contributed by atoms with Crippen LogP contribution in [0.1, 0.15) is 89.8 Å². The van der Waals surface area contributed by atoms with E-state index in [4.69, 9.17) is 9.26 Å². The highest BCUT2D eigenvalue weighted by atomic mass is 19.3. The van der Waals surface area contributed by atoms with Crippen molar-refractivity contribution in [3.8, 4) is 0 Å². The van der Waals surface area contributed by atoms with Crippen LogP contribution in [0, 0.1) is 5.92 Å². The summed E-state index contributed by atoms with van der Waals surface area (Å²) in [7, 11) is 0. The van der Waals surface area contributed by atoms with Crippen LogP contribution in [0.2, 0.25) is 0 Å². The summed E-state index contributed by atoms with van der Waals surface area (Å²) in [4.78, 5) is 21.3. The molecule has 5 rings (SSSR count). The molecule has 0 unspecified atom stereocenters. The van der Waals surface area contributed by atoms with Crippen LogP contribution >= 0.6 is 0 Å². The van der Waals surface area contributed by atoms with Gasteiger partial charge in [0.25, 0.3) is 5.92 Å². The topological polar surface area (TPSA) is 71.7 Å². The van der Waals surface area contributed by atoms with Gasteiger partial charge in [-0.25, -0.2) is 17.6 Å². The zero-order valence-corrected chi connectivity index (χ0v) is 22.6. The van der Waals surface area contributed by atoms with Gasteiger partial charge >= 0.3 is 0 Å². The second-order valence-corrected chi connectivity index (χ2v) is 12.8. The highest BCUT2D eigenvalue weighted by Crippen LogP contribution is 2.45. The Morgan fingerprint density at radius 2 is 1.89 bits per heavy atom. The molecule has 2 saturated heterocycles. The van der Waals surface area contributed by atoms with Crippen LogP contribution in [-0.2, 0) is 14.9 Å². The van der Waals surface area contributed by atoms with Crippen LogP contribution in [0.15, 0.2) is 4.52 Å². The fourth-order valence-corrected chi connectivity index (χ4v) is 6.31. The Bertz CT molecular complexity index is 991. The van der Waals surface area contributed by atoms with E-state index in [9.17, 15) is 13.6 Å². The van der Waals surface area contributed by atoms with E-state index in [1.54, 1.807) is 4.90 Å². The van der Waals surface area contributed by atoms with E-state index in [1.165, 1.54) is 13.8 Å². The van der Waals surface area contributed by atoms with Gasteiger partial charge in [0.1, 0.15) is 11.8 Å². The van der Waals surface area contributed by atoms with Crippen molar-refractivity contribution < 1.29 is 31.6 Å². The van der Waals surface area contributed by atoms with E-state index >= 15 is 8.78 Å². The Kier molecular flexibility index (Phi) is 7.56. The van der Waals surface area contributed by atoms with Gasteiger partial charge in [-0.1, -0.05) is 12.1 Å². The van der Waals surface area contributed by atoms with Crippen LogP contribution in [-0.4, -0.2) is 88.5 Å². The number of piperidine rings is 1. The Balaban J connectivity index is 1.16. The number of aromatic nitrogens is 2. The molecule has 0 bridgehead atoms. The number of nitrogens with zero attached hydrogens (tertiary/aromatic N) is 4. The number of hydrogen-bond donors (Lipinski definition) is 0. The summed E-state index contributed by atoms with van der Waals surface area (Å²) >= 11 is 0. The zero-order chi connectivity index (χ0) is 27.3. The van der Waals surface area contributed by atoms with Gasteiger partial charge in [0.15, 0.2) is 5.82 Å². The Hall–Kier alpha value is -1.75. The number of likely N-dealkylation sites (tertiary alicyclic amines) is 2. The van der Waals surface area contributed by atoms with Gasteiger partial charge in [-0.05, 0) is 52.4 Å². The lowest BCUT2D eigenvalue weighted by Gasteiger charge is -2.41. The van der Waals surface area contributed by atoms with Crippen molar-refractivity contribution in [1.82, 2.24) is 19.9 Å². The van der Waals surface area contributed by atoms with Gasteiger partial charge in [-0.2, -0.15) is 4.98 Å². The molecule has 2 saturated carbocycles. The van der Waals surface area contributed by atoms with Crippen LogP contribution in [0.3, 0.4) is 0 Å². The van der Waals surface area contributed by atoms with Gasteiger partial charge in [0, 0.05) is 51.0 Å². The summed E-state index contributed by atoms with van der Waals surface area (Å²) in [5.41, 5.74) is -1.74. The zero-order valence-electron chi connectivity index (χ0n) is 22.6. The van der Waals surface area contributed by atoms with Crippen molar-refractivity contribution >= 4 is 5.91 Å². The molecule has 5 atom stereocenters. The molecular formula is C27H40F4N4O3. The largest absolute Gasteiger partial charge is 0.373 e. The molecule has 214 valence electrons. The van der Waals surface area contributed by atoms with Gasteiger partial charge in [-0.3, -0.25) is 9.69 Å². The fraction of sp³-hybridized carbons (Fsp3) is 0.889. The lowest BCUT2D eigenvalue weighted by molar-refractivity contribution is -0.174. The number of halogens is 4. The average Bonchev–Trinajstić information content (AvgIpc) is 3.20. The van der Waals surface area contributed by atoms with E-state index in [1.807, 2.05) is 11.8 Å². The molecular weight excluding hydrogens is 504 g/mol. The third-order valence-electron chi connectivity index (χ3n) is 8.81. The van der Waals surface area contributed by atoms with Crippen molar-refractivity contribution in [2.24, 2.45) is 5.92 Å². The fourth-order valence-electron chi connectivity index (χ4n) is 6.31. The predicted molar refractivity (Wildman–Crippen MR) is 132 cm³/mol. The molecule has 1 aromatic rings. The lowest BCUT2D eigenvalue weighted by atomic mass is 9.78. The van der Waals surface area contributed by atoms with E-state index < -0.39 is 35.2 Å². The average molecular weight is 545 g/mol. The standard InChI is InChI=1S/C27H40F4N4O3/c1-25(2,29)16-34-10-6-17(15-34)37-21-5-4-7-27(30,31)19(21)14-22(36)35-11-8-26(3,9-12-35)24-32-23(38-33-24)18-13-20(18)28/h17-21H,4-16H2,1-3H3/t17-,18+,19+,20-,21-/m0/s1. The van der Waals surface area contributed by atoms with Gasteiger partial charge in [-0.15, -0.1) is 0 Å². The smallest absolute Gasteiger partial charge is 0.253 e. The first-order valence-corrected chi connectivity index (χ1v) is 14.0. The minimum atomic E-state index is -2.97. The molecule has 0 radical (unpaired) electrons. The quantitative estimate of drug-likeness (QED) is 0.438. The normalized spacial score (nSPS) is 33.4. The Morgan fingerprint density at radius 3 is 2.55 bits per heavy atom. The molecule has 11 heteroatoms. The number of carbonyl (C=O) groups is 1. The number of ether oxygens (including phenoxy) is 1. The molecule has 1 aromatic heterocycles. The molecule has 0 aromatic carbocycles. The predicted octanol–water partition coefficient (Wildman–Crippen LogP) is 4.81. The summed E-state index contributed by atoms with van der Waals surface area (Å²) in [6.07, 6.45) is 0.748. The van der Waals surface area contributed by atoms with Crippen molar-refractivity contribution in [2.45, 2.75) is 113 Å². The maximum absolute atomic E-state index is 15.1. The second kappa shape index (κ2) is 10.3. The summed E-state index contributed by atoms with van der Waals surface area (Å²) in [6, 6.07) is 0. The highest BCUT2D eigenvalue weighted by molar-refractivity contribution is 5.76. The minimum Gasteiger partial charge on any atom is -0.373 e. The second-order valence-electron chi connectivity index (χ2n) is 12.8. The number of hydrogen-bond acceptors (Lipinski definition) is 6. The number of alkyl halides is 4. The molecule has 2 aliphatic heterocycles. The number of amides is 1. The van der Waals surface area contributed by atoms with E-state index in [2.05, 4.69) is 10.1 Å². The first kappa shape index (κ1) is 27.8. The van der Waals surface area contributed by atoms with Crippen LogP contribution < -0.4 is 0 Å². The summed E-state index contributed by atoms with van der Waals surface area (Å²) in [6.45, 7) is 7.36. The minimum absolute atomic E-state index is 0.229. The Morgan fingerprint density at radius 1 is 1.18 bits per heavy atom. The summed E-state index contributed by atoms with van der Waals surface area (Å²) in [5.74, 6) is -3.89. The summed E-state index contributed by atoms with van der Waals surface area (Å²) < 4.78 is 69.1. The number of carbonyl (C=O) groups excluding carboxylic acids is 1. The van der Waals surface area contributed by atoms with Crippen molar-refractivity contribution in [1.29, 1.82) is 0 Å². The number of rotatable bonds is 8. The first-order chi connectivity index (χ1) is 17.8. The molecule has 38 heavy (non-hydrogen) atoms. The van der Waals surface area contributed by atoms with E-state index in [-0.39, 0.29) is 37.3 Å². The molecule has 2 aliphatic carbocycles. The van der Waals surface area contributed by atoms with Crippen LogP contribution in [0.5, 0.6) is 0 Å². The van der Waals surface area contributed by atoms with Crippen molar-refractivity contribution in [2.75, 3.05) is 32.7 Å². The van der Waals surface area contributed by atoms with Crippen LogP contribution in [0.4, 0.5) is 17.6 Å². The maximum atomic E-state index is 15.1. The molecule has 7 nitrogen and oxygen atoms in total. The molecule has 4 fully saturated rings.